The van der Waals surface area contributed by atoms with E-state index in [0.717, 1.165) is 12.1 Å². The van der Waals surface area contributed by atoms with Crippen molar-refractivity contribution in [1.82, 2.24) is 4.98 Å². The molecule has 84 valence electrons. The normalized spacial score (nSPS) is 10.6. The van der Waals surface area contributed by atoms with Gasteiger partial charge in [0.05, 0.1) is 0 Å². The molecule has 0 bridgehead atoms. The van der Waals surface area contributed by atoms with E-state index in [1.54, 1.807) is 0 Å². The number of hydrogen-bond acceptors (Lipinski definition) is 1. The third kappa shape index (κ3) is 4.78. The van der Waals surface area contributed by atoms with Gasteiger partial charge in [-0.05, 0) is 37.5 Å². The van der Waals surface area contributed by atoms with Gasteiger partial charge in [-0.25, -0.2) is 0 Å². The zero-order valence-corrected chi connectivity index (χ0v) is 10.7. The molecule has 0 aliphatic heterocycles. The fourth-order valence-electron chi connectivity index (χ4n) is 1.37. The molecule has 0 amide bonds. The molecule has 15 heavy (non-hydrogen) atoms. The second kappa shape index (κ2) is 8.22. The van der Waals surface area contributed by atoms with Crippen molar-refractivity contribution in [2.75, 3.05) is 0 Å². The summed E-state index contributed by atoms with van der Waals surface area (Å²) in [6, 6.07) is 4.12. The molecule has 0 aliphatic carbocycles. The zero-order valence-electron chi connectivity index (χ0n) is 10.7. The molecule has 1 aromatic rings. The number of pyridine rings is 1. The van der Waals surface area contributed by atoms with Crippen molar-refractivity contribution in [2.24, 2.45) is 0 Å². The van der Waals surface area contributed by atoms with Crippen molar-refractivity contribution >= 4 is 5.57 Å². The molecule has 1 heterocycles. The smallest absolute Gasteiger partial charge is 0.0447 e. The highest BCUT2D eigenvalue weighted by molar-refractivity contribution is 5.64. The maximum Gasteiger partial charge on any atom is 0.0447 e. The monoisotopic (exact) mass is 205 g/mol. The van der Waals surface area contributed by atoms with Gasteiger partial charge in [0.25, 0.3) is 0 Å². The summed E-state index contributed by atoms with van der Waals surface area (Å²) in [5.74, 6) is 0. The second-order valence-electron chi connectivity index (χ2n) is 3.31. The summed E-state index contributed by atoms with van der Waals surface area (Å²) < 4.78 is 0. The molecular formula is C14H23N. The fourth-order valence-corrected chi connectivity index (χ4v) is 1.37. The van der Waals surface area contributed by atoms with Crippen LogP contribution in [0.1, 0.15) is 51.8 Å². The number of nitrogens with zero attached hydrogens (tertiary/aromatic N) is 1. The molecule has 0 N–H and O–H groups in total. The van der Waals surface area contributed by atoms with Crippen LogP contribution in [0.4, 0.5) is 0 Å². The largest absolute Gasteiger partial charge is 0.261 e. The Morgan fingerprint density at radius 1 is 1.40 bits per heavy atom. The Hall–Kier alpha value is -1.11. The summed E-state index contributed by atoms with van der Waals surface area (Å²) in [7, 11) is 0. The Morgan fingerprint density at radius 2 is 2.07 bits per heavy atom. The lowest BCUT2D eigenvalue weighted by Gasteiger charge is -2.04. The number of aryl methyl sites for hydroxylation is 1. The Bertz CT molecular complexity index is 300. The lowest BCUT2D eigenvalue weighted by atomic mass is 10.1. The van der Waals surface area contributed by atoms with E-state index in [1.807, 2.05) is 26.1 Å². The summed E-state index contributed by atoms with van der Waals surface area (Å²) in [5.41, 5.74) is 3.73. The Morgan fingerprint density at radius 3 is 2.60 bits per heavy atom. The molecule has 1 nitrogen and oxygen atoms in total. The summed E-state index contributed by atoms with van der Waals surface area (Å²) in [6.07, 6.45) is 6.48. The maximum absolute atomic E-state index is 4.27. The molecule has 0 aliphatic rings. The van der Waals surface area contributed by atoms with E-state index in [1.165, 1.54) is 17.6 Å². The first-order chi connectivity index (χ1) is 7.25. The van der Waals surface area contributed by atoms with E-state index in [4.69, 9.17) is 0 Å². The first-order valence-electron chi connectivity index (χ1n) is 5.84. The SMILES string of the molecule is CC.CCC/C=C(/C)c1cccnc1C. The fraction of sp³-hybridized carbons (Fsp3) is 0.500. The van der Waals surface area contributed by atoms with Gasteiger partial charge in [-0.15, -0.1) is 0 Å². The minimum atomic E-state index is 1.12. The van der Waals surface area contributed by atoms with Crippen molar-refractivity contribution < 1.29 is 0 Å². The highest BCUT2D eigenvalue weighted by Crippen LogP contribution is 2.16. The number of hydrogen-bond donors (Lipinski definition) is 0. The van der Waals surface area contributed by atoms with Crippen molar-refractivity contribution in [3.8, 4) is 0 Å². The molecule has 0 unspecified atom stereocenters. The van der Waals surface area contributed by atoms with Gasteiger partial charge in [0.2, 0.25) is 0 Å². The van der Waals surface area contributed by atoms with Crippen LogP contribution >= 0.6 is 0 Å². The van der Waals surface area contributed by atoms with E-state index in [2.05, 4.69) is 37.9 Å². The number of rotatable bonds is 3. The lowest BCUT2D eigenvalue weighted by molar-refractivity contribution is 0.958. The third-order valence-corrected chi connectivity index (χ3v) is 2.17. The highest BCUT2D eigenvalue weighted by atomic mass is 14.7. The van der Waals surface area contributed by atoms with E-state index >= 15 is 0 Å². The number of allylic oxidation sites excluding steroid dienone is 2. The summed E-state index contributed by atoms with van der Waals surface area (Å²) in [6.45, 7) is 10.4. The Kier molecular flexibility index (Phi) is 7.61. The highest BCUT2D eigenvalue weighted by Gasteiger charge is 1.98. The van der Waals surface area contributed by atoms with Crippen molar-refractivity contribution in [1.29, 1.82) is 0 Å². The molecular weight excluding hydrogens is 182 g/mol. The summed E-state index contributed by atoms with van der Waals surface area (Å²) >= 11 is 0. The molecule has 0 atom stereocenters. The molecule has 0 radical (unpaired) electrons. The summed E-state index contributed by atoms with van der Waals surface area (Å²) in [4.78, 5) is 4.27. The molecule has 0 spiro atoms. The zero-order chi connectivity index (χ0) is 11.7. The van der Waals surface area contributed by atoms with Gasteiger partial charge in [-0.1, -0.05) is 39.3 Å². The number of aromatic nitrogens is 1. The van der Waals surface area contributed by atoms with E-state index in [0.29, 0.717) is 0 Å². The van der Waals surface area contributed by atoms with Gasteiger partial charge in [-0.3, -0.25) is 4.98 Å². The topological polar surface area (TPSA) is 12.9 Å². The van der Waals surface area contributed by atoms with Crippen LogP contribution < -0.4 is 0 Å². The van der Waals surface area contributed by atoms with Crippen molar-refractivity contribution in [3.63, 3.8) is 0 Å². The van der Waals surface area contributed by atoms with E-state index in [9.17, 15) is 0 Å². The molecule has 0 fully saturated rings. The lowest BCUT2D eigenvalue weighted by Crippen LogP contribution is -1.88. The van der Waals surface area contributed by atoms with Crippen LogP contribution in [0.15, 0.2) is 24.4 Å². The van der Waals surface area contributed by atoms with Gasteiger partial charge in [-0.2, -0.15) is 0 Å². The van der Waals surface area contributed by atoms with Crippen LogP contribution in [0.5, 0.6) is 0 Å². The van der Waals surface area contributed by atoms with Crippen LogP contribution in [0.25, 0.3) is 5.57 Å². The molecule has 1 heteroatoms. The van der Waals surface area contributed by atoms with Crippen molar-refractivity contribution in [2.45, 2.75) is 47.5 Å². The predicted molar refractivity (Wildman–Crippen MR) is 68.9 cm³/mol. The van der Waals surface area contributed by atoms with Crippen molar-refractivity contribution in [3.05, 3.63) is 35.7 Å². The standard InChI is InChI=1S/C12H17N.C2H6/c1-4-5-7-10(2)12-8-6-9-13-11(12)3;1-2/h6-9H,4-5H2,1-3H3;1-2H3/b10-7-;. The van der Waals surface area contributed by atoms with Crippen LogP contribution in [-0.2, 0) is 0 Å². The minimum absolute atomic E-state index is 1.12. The molecule has 0 saturated carbocycles. The Balaban J connectivity index is 0.000000921. The Labute approximate surface area is 94.3 Å². The average molecular weight is 205 g/mol. The van der Waals surface area contributed by atoms with Crippen LogP contribution in [0.3, 0.4) is 0 Å². The maximum atomic E-state index is 4.27. The number of unbranched alkanes of at least 4 members (excludes halogenated alkanes) is 1. The van der Waals surface area contributed by atoms with Crippen LogP contribution in [-0.4, -0.2) is 4.98 Å². The molecule has 0 saturated heterocycles. The molecule has 1 aromatic heterocycles. The van der Waals surface area contributed by atoms with Gasteiger partial charge < -0.3 is 0 Å². The minimum Gasteiger partial charge on any atom is -0.261 e. The quantitative estimate of drug-likeness (QED) is 0.701. The van der Waals surface area contributed by atoms with E-state index in [-0.39, 0.29) is 0 Å². The average Bonchev–Trinajstić information content (AvgIpc) is 2.29. The molecule has 1 rings (SSSR count). The predicted octanol–water partition coefficient (Wildman–Crippen LogP) is 4.62. The first-order valence-corrected chi connectivity index (χ1v) is 5.84. The summed E-state index contributed by atoms with van der Waals surface area (Å²) in [5, 5.41) is 0. The van der Waals surface area contributed by atoms with Gasteiger partial charge >= 0.3 is 0 Å². The first kappa shape index (κ1) is 13.9. The molecule has 0 aromatic carbocycles. The van der Waals surface area contributed by atoms with Gasteiger partial charge in [0, 0.05) is 11.9 Å². The van der Waals surface area contributed by atoms with Crippen LogP contribution in [0, 0.1) is 6.92 Å². The second-order valence-corrected chi connectivity index (χ2v) is 3.31. The van der Waals surface area contributed by atoms with E-state index < -0.39 is 0 Å². The van der Waals surface area contributed by atoms with Crippen LogP contribution in [0.2, 0.25) is 0 Å². The third-order valence-electron chi connectivity index (χ3n) is 2.17. The van der Waals surface area contributed by atoms with Gasteiger partial charge in [0.15, 0.2) is 0 Å². The van der Waals surface area contributed by atoms with Gasteiger partial charge in [0.1, 0.15) is 0 Å².